The molecule has 0 aromatic heterocycles. The van der Waals surface area contributed by atoms with E-state index in [-0.39, 0.29) is 30.3 Å². The second-order valence-electron chi connectivity index (χ2n) is 6.64. The average molecular weight is 469 g/mol. The molecule has 0 bridgehead atoms. The van der Waals surface area contributed by atoms with Crippen LogP contribution < -0.4 is 5.32 Å². The number of nitrogens with zero attached hydrogens (tertiary/aromatic N) is 1. The van der Waals surface area contributed by atoms with Crippen LogP contribution in [-0.2, 0) is 21.2 Å². The minimum atomic E-state index is -3.35. The van der Waals surface area contributed by atoms with Gasteiger partial charge in [0.1, 0.15) is 21.7 Å². The molecule has 0 fully saturated rings. The average Bonchev–Trinajstić information content (AvgIpc) is 2.94. The number of halogens is 2. The van der Waals surface area contributed by atoms with E-state index in [9.17, 15) is 22.4 Å². The number of hydrogen-bond acceptors (Lipinski definition) is 4. The first-order valence-corrected chi connectivity index (χ1v) is 11.3. The zero-order chi connectivity index (χ0) is 20.5. The molecule has 0 radical (unpaired) electrons. The van der Waals surface area contributed by atoms with E-state index in [0.717, 1.165) is 11.8 Å². The zero-order valence-electron chi connectivity index (χ0n) is 15.0. The number of hydrogen-bond donors (Lipinski definition) is 1. The van der Waals surface area contributed by atoms with Gasteiger partial charge in [-0.3, -0.25) is 9.59 Å². The van der Waals surface area contributed by atoms with Crippen LogP contribution in [0.15, 0.2) is 46.9 Å². The molecule has 0 saturated carbocycles. The summed E-state index contributed by atoms with van der Waals surface area (Å²) < 4.78 is 37.9. The lowest BCUT2D eigenvalue weighted by Crippen LogP contribution is -2.45. The van der Waals surface area contributed by atoms with Crippen molar-refractivity contribution in [3.05, 3.63) is 63.9 Å². The van der Waals surface area contributed by atoms with Crippen LogP contribution in [-0.4, -0.2) is 43.2 Å². The van der Waals surface area contributed by atoms with Crippen molar-refractivity contribution in [2.75, 3.05) is 17.3 Å². The molecule has 0 unspecified atom stereocenters. The molecular formula is C19H18BrFN2O4S. The van der Waals surface area contributed by atoms with Crippen molar-refractivity contribution in [2.24, 2.45) is 0 Å². The molecular weight excluding hydrogens is 451 g/mol. The minimum absolute atomic E-state index is 0.0401. The van der Waals surface area contributed by atoms with Gasteiger partial charge in [-0.25, -0.2) is 12.8 Å². The van der Waals surface area contributed by atoms with Crippen molar-refractivity contribution in [3.63, 3.8) is 0 Å². The summed E-state index contributed by atoms with van der Waals surface area (Å²) in [4.78, 5) is 27.0. The molecule has 1 aliphatic rings. The Balaban J connectivity index is 1.87. The second kappa shape index (κ2) is 8.00. The SMILES string of the molecule is CS(=O)(=O)CC[C@H](C(=O)Nc1ccc(Br)cc1F)N1Cc2ccccc2C1=O. The number of fused-ring (bicyclic) bond motifs is 1. The fourth-order valence-electron chi connectivity index (χ4n) is 3.09. The standard InChI is InChI=1S/C19H18BrFN2O4S/c1-28(26,27)9-8-17(18(24)22-16-7-6-13(20)10-15(16)21)23-11-12-4-2-3-5-14(12)19(23)25/h2-7,10,17H,8-9,11H2,1H3,(H,22,24)/t17-/m1/s1. The van der Waals surface area contributed by atoms with Gasteiger partial charge in [-0.05, 0) is 36.2 Å². The van der Waals surface area contributed by atoms with Crippen molar-refractivity contribution in [2.45, 2.75) is 19.0 Å². The number of carbonyl (C=O) groups excluding carboxylic acids is 2. The lowest BCUT2D eigenvalue weighted by molar-refractivity contribution is -0.120. The molecule has 1 atom stereocenters. The van der Waals surface area contributed by atoms with Crippen LogP contribution in [0.4, 0.5) is 10.1 Å². The third-order valence-electron chi connectivity index (χ3n) is 4.48. The van der Waals surface area contributed by atoms with Gasteiger partial charge in [-0.1, -0.05) is 34.1 Å². The van der Waals surface area contributed by atoms with E-state index in [1.807, 2.05) is 0 Å². The predicted molar refractivity (Wildman–Crippen MR) is 107 cm³/mol. The fraction of sp³-hybridized carbons (Fsp3) is 0.263. The van der Waals surface area contributed by atoms with Crippen molar-refractivity contribution >= 4 is 43.3 Å². The summed E-state index contributed by atoms with van der Waals surface area (Å²) in [5.41, 5.74) is 1.20. The van der Waals surface area contributed by atoms with Crippen LogP contribution in [0.3, 0.4) is 0 Å². The highest BCUT2D eigenvalue weighted by molar-refractivity contribution is 9.10. The number of nitrogens with one attached hydrogen (secondary N) is 1. The largest absolute Gasteiger partial charge is 0.322 e. The van der Waals surface area contributed by atoms with Gasteiger partial charge in [-0.15, -0.1) is 0 Å². The molecule has 1 heterocycles. The van der Waals surface area contributed by atoms with Gasteiger partial charge < -0.3 is 10.2 Å². The topological polar surface area (TPSA) is 83.6 Å². The summed E-state index contributed by atoms with van der Waals surface area (Å²) >= 11 is 3.14. The van der Waals surface area contributed by atoms with Crippen molar-refractivity contribution in [3.8, 4) is 0 Å². The molecule has 1 aliphatic heterocycles. The molecule has 28 heavy (non-hydrogen) atoms. The van der Waals surface area contributed by atoms with E-state index in [4.69, 9.17) is 0 Å². The summed E-state index contributed by atoms with van der Waals surface area (Å²) in [6.45, 7) is 0.194. The van der Waals surface area contributed by atoms with Gasteiger partial charge >= 0.3 is 0 Å². The molecule has 2 aromatic carbocycles. The van der Waals surface area contributed by atoms with E-state index in [1.54, 1.807) is 30.3 Å². The van der Waals surface area contributed by atoms with Gasteiger partial charge in [0, 0.05) is 22.8 Å². The normalized spacial score (nSPS) is 14.7. The summed E-state index contributed by atoms with van der Waals surface area (Å²) in [7, 11) is -3.35. The van der Waals surface area contributed by atoms with Crippen LogP contribution in [0.2, 0.25) is 0 Å². The number of amides is 2. The Labute approximate surface area is 170 Å². The maximum Gasteiger partial charge on any atom is 0.255 e. The predicted octanol–water partition coefficient (Wildman–Crippen LogP) is 2.99. The molecule has 2 amide bonds. The highest BCUT2D eigenvalue weighted by Gasteiger charge is 2.36. The third-order valence-corrected chi connectivity index (χ3v) is 5.95. The lowest BCUT2D eigenvalue weighted by atomic mass is 10.1. The molecule has 1 N–H and O–H groups in total. The molecule has 148 valence electrons. The Morgan fingerprint density at radius 3 is 2.64 bits per heavy atom. The van der Waals surface area contributed by atoms with E-state index in [1.165, 1.54) is 17.0 Å². The number of rotatable bonds is 6. The van der Waals surface area contributed by atoms with Crippen molar-refractivity contribution in [1.29, 1.82) is 0 Å². The van der Waals surface area contributed by atoms with E-state index < -0.39 is 27.6 Å². The molecule has 9 heteroatoms. The Morgan fingerprint density at radius 1 is 1.29 bits per heavy atom. The number of carbonyl (C=O) groups is 2. The maximum absolute atomic E-state index is 14.1. The van der Waals surface area contributed by atoms with Crippen LogP contribution in [0.1, 0.15) is 22.3 Å². The molecule has 6 nitrogen and oxygen atoms in total. The van der Waals surface area contributed by atoms with Gasteiger partial charge in [-0.2, -0.15) is 0 Å². The van der Waals surface area contributed by atoms with Gasteiger partial charge in [0.15, 0.2) is 0 Å². The second-order valence-corrected chi connectivity index (χ2v) is 9.81. The Bertz CT molecular complexity index is 1040. The number of sulfone groups is 1. The van der Waals surface area contributed by atoms with E-state index >= 15 is 0 Å². The van der Waals surface area contributed by atoms with E-state index in [0.29, 0.717) is 10.0 Å². The van der Waals surface area contributed by atoms with Gasteiger partial charge in [0.05, 0.1) is 11.4 Å². The smallest absolute Gasteiger partial charge is 0.255 e. The molecule has 0 aliphatic carbocycles. The summed E-state index contributed by atoms with van der Waals surface area (Å²) in [5, 5.41) is 2.47. The van der Waals surface area contributed by atoms with Crippen LogP contribution in [0, 0.1) is 5.82 Å². The number of benzene rings is 2. The zero-order valence-corrected chi connectivity index (χ0v) is 17.4. The van der Waals surface area contributed by atoms with Crippen molar-refractivity contribution < 1.29 is 22.4 Å². The molecule has 3 rings (SSSR count). The summed E-state index contributed by atoms with van der Waals surface area (Å²) in [6.07, 6.45) is 0.986. The first-order chi connectivity index (χ1) is 13.2. The minimum Gasteiger partial charge on any atom is -0.322 e. The summed E-state index contributed by atoms with van der Waals surface area (Å²) in [5.74, 6) is -1.89. The van der Waals surface area contributed by atoms with Crippen molar-refractivity contribution in [1.82, 2.24) is 4.90 Å². The Hall–Kier alpha value is -2.26. The molecule has 0 saturated heterocycles. The maximum atomic E-state index is 14.1. The van der Waals surface area contributed by atoms with Crippen LogP contribution in [0.5, 0.6) is 0 Å². The molecule has 0 spiro atoms. The highest BCUT2D eigenvalue weighted by atomic mass is 79.9. The van der Waals surface area contributed by atoms with Crippen LogP contribution >= 0.6 is 15.9 Å². The lowest BCUT2D eigenvalue weighted by Gasteiger charge is -2.27. The van der Waals surface area contributed by atoms with Gasteiger partial charge in [0.2, 0.25) is 5.91 Å². The van der Waals surface area contributed by atoms with Crippen LogP contribution in [0.25, 0.3) is 0 Å². The van der Waals surface area contributed by atoms with E-state index in [2.05, 4.69) is 21.2 Å². The highest BCUT2D eigenvalue weighted by Crippen LogP contribution is 2.27. The number of anilines is 1. The Morgan fingerprint density at radius 2 is 2.00 bits per heavy atom. The fourth-order valence-corrected chi connectivity index (χ4v) is 4.07. The molecule has 2 aromatic rings. The first-order valence-electron chi connectivity index (χ1n) is 8.48. The third kappa shape index (κ3) is 4.59. The monoisotopic (exact) mass is 468 g/mol. The first kappa shape index (κ1) is 20.5. The van der Waals surface area contributed by atoms with Gasteiger partial charge in [0.25, 0.3) is 5.91 Å². The quantitative estimate of drug-likeness (QED) is 0.706. The Kier molecular flexibility index (Phi) is 5.85. The summed E-state index contributed by atoms with van der Waals surface area (Å²) in [6, 6.07) is 10.1.